The van der Waals surface area contributed by atoms with Crippen LogP contribution in [0, 0.1) is 0 Å². The molecule has 0 aliphatic rings. The molecule has 8 nitrogen and oxygen atoms in total. The van der Waals surface area contributed by atoms with Crippen LogP contribution in [-0.4, -0.2) is 58.4 Å². The van der Waals surface area contributed by atoms with Gasteiger partial charge in [0.2, 0.25) is 0 Å². The summed E-state index contributed by atoms with van der Waals surface area (Å²) in [5.74, 6) is -0.813. The van der Waals surface area contributed by atoms with Gasteiger partial charge in [-0.25, -0.2) is 14.8 Å². The average molecular weight is 365 g/mol. The Morgan fingerprint density at radius 3 is 2.70 bits per heavy atom. The Hall–Kier alpha value is -3.55. The summed E-state index contributed by atoms with van der Waals surface area (Å²) >= 11 is 0. The highest BCUT2D eigenvalue weighted by Gasteiger charge is 2.12. The molecule has 0 unspecified atom stereocenters. The number of amides is 1. The van der Waals surface area contributed by atoms with E-state index in [4.69, 9.17) is 4.74 Å². The second kappa shape index (κ2) is 7.77. The minimum absolute atomic E-state index is 0.255. The number of esters is 1. The molecule has 0 fully saturated rings. The Bertz CT molecular complexity index is 1010. The second-order valence-electron chi connectivity index (χ2n) is 5.96. The molecule has 3 aromatic rings. The minimum Gasteiger partial charge on any atom is -0.462 e. The number of pyridine rings is 2. The third-order valence-corrected chi connectivity index (χ3v) is 3.69. The first-order valence-electron chi connectivity index (χ1n) is 8.35. The normalized spacial score (nSPS) is 11.1. The SMILES string of the molecule is CCOC(=O)c1cnc2c(ccn2-c2ccc(C(=O)/N=C/N(C)C)nc2)c1. The minimum atomic E-state index is -0.412. The van der Waals surface area contributed by atoms with Crippen LogP contribution in [0.1, 0.15) is 27.8 Å². The maximum Gasteiger partial charge on any atom is 0.339 e. The highest BCUT2D eigenvalue weighted by molar-refractivity contribution is 5.97. The van der Waals surface area contributed by atoms with Gasteiger partial charge in [0.05, 0.1) is 30.4 Å². The van der Waals surface area contributed by atoms with Crippen molar-refractivity contribution in [2.45, 2.75) is 6.92 Å². The van der Waals surface area contributed by atoms with E-state index in [-0.39, 0.29) is 5.69 Å². The summed E-state index contributed by atoms with van der Waals surface area (Å²) in [5.41, 5.74) is 2.08. The molecule has 3 aromatic heterocycles. The molecule has 8 heteroatoms. The van der Waals surface area contributed by atoms with Gasteiger partial charge < -0.3 is 9.64 Å². The van der Waals surface area contributed by atoms with E-state index in [1.165, 1.54) is 12.5 Å². The van der Waals surface area contributed by atoms with E-state index in [1.807, 2.05) is 16.8 Å². The smallest absolute Gasteiger partial charge is 0.339 e. The van der Waals surface area contributed by atoms with Crippen molar-refractivity contribution < 1.29 is 14.3 Å². The summed E-state index contributed by atoms with van der Waals surface area (Å²) in [6, 6.07) is 6.97. The van der Waals surface area contributed by atoms with Gasteiger partial charge in [-0.2, -0.15) is 4.99 Å². The molecule has 0 aliphatic heterocycles. The van der Waals surface area contributed by atoms with Crippen molar-refractivity contribution in [2.75, 3.05) is 20.7 Å². The first-order valence-corrected chi connectivity index (χ1v) is 8.35. The van der Waals surface area contributed by atoms with Gasteiger partial charge >= 0.3 is 5.97 Å². The van der Waals surface area contributed by atoms with Crippen molar-refractivity contribution in [1.29, 1.82) is 0 Å². The highest BCUT2D eigenvalue weighted by atomic mass is 16.5. The van der Waals surface area contributed by atoms with E-state index >= 15 is 0 Å². The number of aliphatic imine (C=N–C) groups is 1. The Morgan fingerprint density at radius 2 is 2.04 bits per heavy atom. The lowest BCUT2D eigenvalue weighted by molar-refractivity contribution is 0.0526. The molecular weight excluding hydrogens is 346 g/mol. The Kier molecular flexibility index (Phi) is 5.25. The monoisotopic (exact) mass is 365 g/mol. The lowest BCUT2D eigenvalue weighted by Crippen LogP contribution is -2.10. The fourth-order valence-electron chi connectivity index (χ4n) is 2.45. The highest BCUT2D eigenvalue weighted by Crippen LogP contribution is 2.20. The summed E-state index contributed by atoms with van der Waals surface area (Å²) in [6.45, 7) is 2.07. The van der Waals surface area contributed by atoms with Crippen LogP contribution in [0.25, 0.3) is 16.7 Å². The zero-order valence-electron chi connectivity index (χ0n) is 15.3. The lowest BCUT2D eigenvalue weighted by atomic mass is 10.2. The van der Waals surface area contributed by atoms with Crippen LogP contribution in [0.4, 0.5) is 0 Å². The topological polar surface area (TPSA) is 89.7 Å². The molecule has 0 atom stereocenters. The summed E-state index contributed by atoms with van der Waals surface area (Å²) in [5, 5.41) is 0.802. The predicted molar refractivity (Wildman–Crippen MR) is 101 cm³/mol. The largest absolute Gasteiger partial charge is 0.462 e. The van der Waals surface area contributed by atoms with Crippen LogP contribution in [0.5, 0.6) is 0 Å². The molecule has 0 spiro atoms. The standard InChI is InChI=1S/C19H19N5O3/c1-4-27-19(26)14-9-13-7-8-24(17(13)21-10-14)15-5-6-16(20-11-15)18(25)22-12-23(2)3/h5-12H,4H2,1-3H3/b22-12+. The van der Waals surface area contributed by atoms with Crippen molar-refractivity contribution in [3.8, 4) is 5.69 Å². The molecule has 0 aliphatic carbocycles. The van der Waals surface area contributed by atoms with Gasteiger partial charge in [-0.3, -0.25) is 9.36 Å². The zero-order chi connectivity index (χ0) is 19.4. The van der Waals surface area contributed by atoms with Gasteiger partial charge in [-0.1, -0.05) is 0 Å². The maximum absolute atomic E-state index is 12.0. The predicted octanol–water partition coefficient (Wildman–Crippen LogP) is 2.33. The number of rotatable bonds is 5. The number of fused-ring (bicyclic) bond motifs is 1. The Morgan fingerprint density at radius 1 is 1.22 bits per heavy atom. The van der Waals surface area contributed by atoms with Crippen LogP contribution in [0.3, 0.4) is 0 Å². The fraction of sp³-hybridized carbons (Fsp3) is 0.211. The van der Waals surface area contributed by atoms with E-state index < -0.39 is 11.9 Å². The third kappa shape index (κ3) is 4.00. The summed E-state index contributed by atoms with van der Waals surface area (Å²) < 4.78 is 6.82. The summed E-state index contributed by atoms with van der Waals surface area (Å²) in [4.78, 5) is 37.8. The van der Waals surface area contributed by atoms with Crippen LogP contribution in [0.2, 0.25) is 0 Å². The molecule has 0 bridgehead atoms. The number of carbonyl (C=O) groups excluding carboxylic acids is 2. The quantitative estimate of drug-likeness (QED) is 0.392. The van der Waals surface area contributed by atoms with Crippen molar-refractivity contribution >= 4 is 29.2 Å². The van der Waals surface area contributed by atoms with Gasteiger partial charge in [-0.15, -0.1) is 0 Å². The second-order valence-corrected chi connectivity index (χ2v) is 5.96. The number of aromatic nitrogens is 3. The molecule has 138 valence electrons. The van der Waals surface area contributed by atoms with E-state index in [0.29, 0.717) is 17.8 Å². The first-order chi connectivity index (χ1) is 13.0. The van der Waals surface area contributed by atoms with Gasteiger partial charge in [0.25, 0.3) is 5.91 Å². The number of nitrogens with zero attached hydrogens (tertiary/aromatic N) is 5. The zero-order valence-corrected chi connectivity index (χ0v) is 15.3. The number of carbonyl (C=O) groups is 2. The number of ether oxygens (including phenoxy) is 1. The Labute approximate surface area is 156 Å². The van der Waals surface area contributed by atoms with Crippen LogP contribution < -0.4 is 0 Å². The molecule has 0 N–H and O–H groups in total. The summed E-state index contributed by atoms with van der Waals surface area (Å²) in [6.07, 6.45) is 6.33. The summed E-state index contributed by atoms with van der Waals surface area (Å²) in [7, 11) is 3.57. The van der Waals surface area contributed by atoms with E-state index in [2.05, 4.69) is 15.0 Å². The van der Waals surface area contributed by atoms with E-state index in [9.17, 15) is 9.59 Å². The first kappa shape index (κ1) is 18.2. The van der Waals surface area contributed by atoms with Crippen molar-refractivity contribution in [3.63, 3.8) is 0 Å². The molecule has 3 rings (SSSR count). The molecule has 1 amide bonds. The molecule has 0 aromatic carbocycles. The van der Waals surface area contributed by atoms with Crippen molar-refractivity contribution in [3.05, 3.63) is 54.1 Å². The molecular formula is C19H19N5O3. The number of hydrogen-bond donors (Lipinski definition) is 0. The molecule has 0 saturated carbocycles. The fourth-order valence-corrected chi connectivity index (χ4v) is 2.45. The van der Waals surface area contributed by atoms with Crippen molar-refractivity contribution in [2.24, 2.45) is 4.99 Å². The molecule has 3 heterocycles. The van der Waals surface area contributed by atoms with Gasteiger partial charge in [-0.05, 0) is 31.2 Å². The molecule has 0 radical (unpaired) electrons. The lowest BCUT2D eigenvalue weighted by Gasteiger charge is -2.06. The van der Waals surface area contributed by atoms with Crippen molar-refractivity contribution in [1.82, 2.24) is 19.4 Å². The number of hydrogen-bond acceptors (Lipinski definition) is 5. The van der Waals surface area contributed by atoms with Crippen LogP contribution in [-0.2, 0) is 4.74 Å². The molecule has 0 saturated heterocycles. The average Bonchev–Trinajstić information content (AvgIpc) is 3.09. The van der Waals surface area contributed by atoms with Crippen LogP contribution >= 0.6 is 0 Å². The Balaban J connectivity index is 1.87. The van der Waals surface area contributed by atoms with Gasteiger partial charge in [0, 0.05) is 31.9 Å². The maximum atomic E-state index is 12.0. The van der Waals surface area contributed by atoms with Gasteiger partial charge in [0.15, 0.2) is 0 Å². The molecule has 27 heavy (non-hydrogen) atoms. The van der Waals surface area contributed by atoms with Gasteiger partial charge in [0.1, 0.15) is 11.3 Å². The van der Waals surface area contributed by atoms with E-state index in [0.717, 1.165) is 11.1 Å². The third-order valence-electron chi connectivity index (χ3n) is 3.69. The van der Waals surface area contributed by atoms with Crippen LogP contribution in [0.15, 0.2) is 47.8 Å². The van der Waals surface area contributed by atoms with E-state index in [1.54, 1.807) is 50.3 Å².